The van der Waals surface area contributed by atoms with Gasteiger partial charge in [-0.3, -0.25) is 9.69 Å². The number of methoxy groups -OCH3 is 1. The van der Waals surface area contributed by atoms with Gasteiger partial charge in [-0.25, -0.2) is 4.98 Å². The Bertz CT molecular complexity index is 1260. The van der Waals surface area contributed by atoms with Crippen molar-refractivity contribution in [2.45, 2.75) is 12.7 Å². The maximum Gasteiger partial charge on any atom is 0.416 e. The zero-order valence-electron chi connectivity index (χ0n) is 16.7. The van der Waals surface area contributed by atoms with Gasteiger partial charge in [-0.15, -0.1) is 0 Å². The molecule has 3 aromatic carbocycles. The van der Waals surface area contributed by atoms with Gasteiger partial charge in [0.05, 0.1) is 28.9 Å². The number of fused-ring (bicyclic) bond motifs is 1. The number of benzene rings is 3. The highest BCUT2D eigenvalue weighted by Crippen LogP contribution is 2.39. The first-order valence-electron chi connectivity index (χ1n) is 9.44. The number of anilines is 1. The Labute approximate surface area is 190 Å². The molecule has 4 nitrogen and oxygen atoms in total. The number of aromatic nitrogens is 1. The summed E-state index contributed by atoms with van der Waals surface area (Å²) in [6.45, 7) is 0.181. The standard InChI is InChI=1S/C23H16ClF3N2O2S/c1-31-18-12-11-17(24)20-19(18)28-22(32-20)29(13-14-5-3-2-4-6-14)21(30)15-7-9-16(10-8-15)23(25,26)27/h2-12H,13H2,1H3. The molecule has 0 saturated heterocycles. The van der Waals surface area contributed by atoms with Crippen LogP contribution in [-0.2, 0) is 12.7 Å². The quantitative estimate of drug-likeness (QED) is 0.317. The minimum atomic E-state index is -4.48. The Morgan fingerprint density at radius 1 is 1.06 bits per heavy atom. The number of nitrogens with zero attached hydrogens (tertiary/aromatic N) is 2. The summed E-state index contributed by atoms with van der Waals surface area (Å²) in [4.78, 5) is 19.4. The minimum Gasteiger partial charge on any atom is -0.494 e. The molecule has 0 radical (unpaired) electrons. The van der Waals surface area contributed by atoms with E-state index in [9.17, 15) is 18.0 Å². The largest absolute Gasteiger partial charge is 0.494 e. The van der Waals surface area contributed by atoms with Crippen LogP contribution >= 0.6 is 22.9 Å². The van der Waals surface area contributed by atoms with Crippen molar-refractivity contribution in [3.63, 3.8) is 0 Å². The molecule has 4 rings (SSSR count). The van der Waals surface area contributed by atoms with Gasteiger partial charge in [0.1, 0.15) is 11.3 Å². The summed E-state index contributed by atoms with van der Waals surface area (Å²) in [5, 5.41) is 0.825. The normalized spacial score (nSPS) is 11.5. The topological polar surface area (TPSA) is 42.4 Å². The molecule has 0 spiro atoms. The number of hydrogen-bond donors (Lipinski definition) is 0. The molecule has 0 aliphatic rings. The lowest BCUT2D eigenvalue weighted by atomic mass is 10.1. The van der Waals surface area contributed by atoms with E-state index in [1.54, 1.807) is 12.1 Å². The van der Waals surface area contributed by atoms with Gasteiger partial charge in [-0.2, -0.15) is 13.2 Å². The summed E-state index contributed by atoms with van der Waals surface area (Å²) < 4.78 is 44.8. The molecule has 4 aromatic rings. The van der Waals surface area contributed by atoms with E-state index in [2.05, 4.69) is 4.98 Å². The van der Waals surface area contributed by atoms with Crippen LogP contribution in [0.1, 0.15) is 21.5 Å². The highest BCUT2D eigenvalue weighted by molar-refractivity contribution is 7.23. The summed E-state index contributed by atoms with van der Waals surface area (Å²) in [5.41, 5.74) is 0.648. The lowest BCUT2D eigenvalue weighted by molar-refractivity contribution is -0.137. The van der Waals surface area contributed by atoms with Crippen molar-refractivity contribution in [3.8, 4) is 5.75 Å². The number of alkyl halides is 3. The molecule has 0 fully saturated rings. The number of hydrogen-bond acceptors (Lipinski definition) is 4. The van der Waals surface area contributed by atoms with E-state index >= 15 is 0 Å². The van der Waals surface area contributed by atoms with Crippen molar-refractivity contribution in [3.05, 3.63) is 88.4 Å². The van der Waals surface area contributed by atoms with Crippen LogP contribution in [0.4, 0.5) is 18.3 Å². The Hall–Kier alpha value is -3.10. The number of rotatable bonds is 5. The van der Waals surface area contributed by atoms with Gasteiger partial charge in [-0.05, 0) is 42.0 Å². The highest BCUT2D eigenvalue weighted by Gasteiger charge is 2.31. The van der Waals surface area contributed by atoms with Crippen LogP contribution < -0.4 is 9.64 Å². The summed E-state index contributed by atoms with van der Waals surface area (Å²) >= 11 is 7.54. The van der Waals surface area contributed by atoms with E-state index in [0.29, 0.717) is 26.1 Å². The molecule has 1 aromatic heterocycles. The monoisotopic (exact) mass is 476 g/mol. The molecule has 0 saturated carbocycles. The fraction of sp³-hybridized carbons (Fsp3) is 0.130. The molecule has 0 atom stereocenters. The fourth-order valence-electron chi connectivity index (χ4n) is 3.17. The Morgan fingerprint density at radius 2 is 1.75 bits per heavy atom. The average Bonchev–Trinajstić information content (AvgIpc) is 3.24. The molecule has 0 unspecified atom stereocenters. The van der Waals surface area contributed by atoms with Crippen molar-refractivity contribution in [2.24, 2.45) is 0 Å². The van der Waals surface area contributed by atoms with Gasteiger partial charge in [0, 0.05) is 5.56 Å². The maximum atomic E-state index is 13.4. The van der Waals surface area contributed by atoms with E-state index in [1.165, 1.54) is 35.5 Å². The van der Waals surface area contributed by atoms with E-state index in [0.717, 1.165) is 17.7 Å². The lowest BCUT2D eigenvalue weighted by Gasteiger charge is -2.20. The van der Waals surface area contributed by atoms with Crippen LogP contribution in [-0.4, -0.2) is 18.0 Å². The van der Waals surface area contributed by atoms with E-state index in [1.807, 2.05) is 30.3 Å². The fourth-order valence-corrected chi connectivity index (χ4v) is 4.43. The van der Waals surface area contributed by atoms with Crippen molar-refractivity contribution in [2.75, 3.05) is 12.0 Å². The van der Waals surface area contributed by atoms with E-state index in [4.69, 9.17) is 16.3 Å². The molecule has 0 N–H and O–H groups in total. The van der Waals surface area contributed by atoms with Crippen molar-refractivity contribution >= 4 is 44.2 Å². The number of ether oxygens (including phenoxy) is 1. The van der Waals surface area contributed by atoms with Crippen LogP contribution in [0.25, 0.3) is 10.2 Å². The second-order valence-electron chi connectivity index (χ2n) is 6.88. The Morgan fingerprint density at radius 3 is 2.38 bits per heavy atom. The highest BCUT2D eigenvalue weighted by atomic mass is 35.5. The molecule has 1 heterocycles. The second-order valence-corrected chi connectivity index (χ2v) is 8.26. The maximum absolute atomic E-state index is 13.4. The molecule has 1 amide bonds. The third kappa shape index (κ3) is 4.42. The first kappa shape index (κ1) is 22.1. The van der Waals surface area contributed by atoms with Gasteiger partial charge < -0.3 is 4.74 Å². The number of halogens is 4. The van der Waals surface area contributed by atoms with Gasteiger partial charge in [0.2, 0.25) is 0 Å². The first-order valence-corrected chi connectivity index (χ1v) is 10.6. The molecule has 9 heteroatoms. The predicted molar refractivity (Wildman–Crippen MR) is 120 cm³/mol. The van der Waals surface area contributed by atoms with E-state index in [-0.39, 0.29) is 12.1 Å². The Balaban J connectivity index is 1.78. The summed E-state index contributed by atoms with van der Waals surface area (Å²) in [7, 11) is 1.51. The Kier molecular flexibility index (Phi) is 6.08. The molecular formula is C23H16ClF3N2O2S. The zero-order chi connectivity index (χ0) is 22.9. The summed E-state index contributed by atoms with van der Waals surface area (Å²) in [6, 6.07) is 16.8. The van der Waals surface area contributed by atoms with E-state index < -0.39 is 17.6 Å². The van der Waals surface area contributed by atoms with Crippen LogP contribution in [0, 0.1) is 0 Å². The predicted octanol–water partition coefficient (Wildman–Crippen LogP) is 6.82. The van der Waals surface area contributed by atoms with Crippen LogP contribution in [0.15, 0.2) is 66.7 Å². The number of carbonyl (C=O) groups excluding carboxylic acids is 1. The molecule has 32 heavy (non-hydrogen) atoms. The summed E-state index contributed by atoms with van der Waals surface area (Å²) in [6.07, 6.45) is -4.48. The van der Waals surface area contributed by atoms with Crippen molar-refractivity contribution < 1.29 is 22.7 Å². The van der Waals surface area contributed by atoms with Gasteiger partial charge in [0.15, 0.2) is 5.13 Å². The summed E-state index contributed by atoms with van der Waals surface area (Å²) in [5.74, 6) is 0.0327. The molecule has 0 bridgehead atoms. The first-order chi connectivity index (χ1) is 15.3. The third-order valence-corrected chi connectivity index (χ3v) is 6.32. The second kappa shape index (κ2) is 8.80. The lowest BCUT2D eigenvalue weighted by Crippen LogP contribution is -2.30. The van der Waals surface area contributed by atoms with Crippen molar-refractivity contribution in [1.29, 1.82) is 0 Å². The number of amides is 1. The third-order valence-electron chi connectivity index (χ3n) is 4.79. The SMILES string of the molecule is COc1ccc(Cl)c2sc(N(Cc3ccccc3)C(=O)c3ccc(C(F)(F)F)cc3)nc12. The molecule has 164 valence electrons. The molecule has 0 aliphatic carbocycles. The number of thiazole rings is 1. The van der Waals surface area contributed by atoms with Crippen LogP contribution in [0.2, 0.25) is 5.02 Å². The van der Waals surface area contributed by atoms with Crippen molar-refractivity contribution in [1.82, 2.24) is 4.98 Å². The van der Waals surface area contributed by atoms with Gasteiger partial charge in [-0.1, -0.05) is 53.3 Å². The smallest absolute Gasteiger partial charge is 0.416 e. The minimum absolute atomic E-state index is 0.117. The van der Waals surface area contributed by atoms with Gasteiger partial charge >= 0.3 is 6.18 Å². The van der Waals surface area contributed by atoms with Crippen LogP contribution in [0.3, 0.4) is 0 Å². The van der Waals surface area contributed by atoms with Crippen LogP contribution in [0.5, 0.6) is 5.75 Å². The number of carbonyl (C=O) groups is 1. The molecular weight excluding hydrogens is 461 g/mol. The zero-order valence-corrected chi connectivity index (χ0v) is 18.3. The van der Waals surface area contributed by atoms with Gasteiger partial charge in [0.25, 0.3) is 5.91 Å². The molecule has 0 aliphatic heterocycles. The average molecular weight is 477 g/mol.